The summed E-state index contributed by atoms with van der Waals surface area (Å²) < 4.78 is 5.31. The molecule has 0 radical (unpaired) electrons. The van der Waals surface area contributed by atoms with E-state index in [1.165, 1.54) is 0 Å². The summed E-state index contributed by atoms with van der Waals surface area (Å²) in [5.74, 6) is 0.438. The quantitative estimate of drug-likeness (QED) is 0.879. The molecule has 6 heteroatoms. The minimum Gasteiger partial charge on any atom is -0.481 e. The summed E-state index contributed by atoms with van der Waals surface area (Å²) in [7, 11) is 3.66. The maximum atomic E-state index is 13.4. The van der Waals surface area contributed by atoms with Crippen LogP contribution < -0.4 is 4.74 Å². The van der Waals surface area contributed by atoms with Crippen LogP contribution in [0.4, 0.5) is 0 Å². The van der Waals surface area contributed by atoms with Crippen LogP contribution in [0.2, 0.25) is 0 Å². The highest BCUT2D eigenvalue weighted by atomic mass is 16.5. The summed E-state index contributed by atoms with van der Waals surface area (Å²) in [6.07, 6.45) is 2.29. The van der Waals surface area contributed by atoms with Gasteiger partial charge in [-0.05, 0) is 32.4 Å². The fourth-order valence-corrected chi connectivity index (χ4v) is 4.71. The predicted octanol–water partition coefficient (Wildman–Crippen LogP) is 2.16. The molecular weight excluding hydrogens is 342 g/mol. The molecule has 0 bridgehead atoms. The fourth-order valence-electron chi connectivity index (χ4n) is 4.71. The van der Waals surface area contributed by atoms with Gasteiger partial charge in [-0.25, -0.2) is 4.98 Å². The zero-order valence-corrected chi connectivity index (χ0v) is 16.0. The molecule has 0 aliphatic carbocycles. The largest absolute Gasteiger partial charge is 0.481 e. The molecule has 6 nitrogen and oxygen atoms in total. The zero-order chi connectivity index (χ0) is 19.0. The fraction of sp³-hybridized carbons (Fsp3) is 0.524. The predicted molar refractivity (Wildman–Crippen MR) is 104 cm³/mol. The van der Waals surface area contributed by atoms with E-state index < -0.39 is 0 Å². The molecule has 2 saturated heterocycles. The molecule has 1 amide bonds. The van der Waals surface area contributed by atoms with E-state index in [0.717, 1.165) is 49.8 Å². The van der Waals surface area contributed by atoms with Gasteiger partial charge in [0.05, 0.1) is 24.3 Å². The molecule has 2 aliphatic heterocycles. The van der Waals surface area contributed by atoms with E-state index >= 15 is 0 Å². The third kappa shape index (κ3) is 3.28. The van der Waals surface area contributed by atoms with E-state index in [1.54, 1.807) is 13.2 Å². The SMILES string of the molecule is COc1cc(C(=O)N2CCC[C@]3(CN(C)CC[C@@H]3O)C2)c2ccccc2n1. The van der Waals surface area contributed by atoms with Crippen molar-refractivity contribution in [3.05, 3.63) is 35.9 Å². The Morgan fingerprint density at radius 1 is 1.30 bits per heavy atom. The van der Waals surface area contributed by atoms with Crippen molar-refractivity contribution in [2.24, 2.45) is 5.41 Å². The molecule has 2 atom stereocenters. The maximum Gasteiger partial charge on any atom is 0.254 e. The van der Waals surface area contributed by atoms with Gasteiger partial charge in [-0.1, -0.05) is 18.2 Å². The van der Waals surface area contributed by atoms with Crippen LogP contribution in [0.25, 0.3) is 10.9 Å². The third-order valence-electron chi connectivity index (χ3n) is 6.10. The van der Waals surface area contributed by atoms with E-state index in [1.807, 2.05) is 29.2 Å². The van der Waals surface area contributed by atoms with Crippen LogP contribution in [0.5, 0.6) is 5.88 Å². The van der Waals surface area contributed by atoms with Crippen LogP contribution in [0.15, 0.2) is 30.3 Å². The molecule has 2 fully saturated rings. The van der Waals surface area contributed by atoms with Crippen molar-refractivity contribution in [2.75, 3.05) is 40.3 Å². The standard InChI is InChI=1S/C21H27N3O3/c1-23-11-8-18(25)21(13-23)9-5-10-24(14-21)20(26)16-12-19(27-2)22-17-7-4-3-6-15(16)17/h3-4,6-7,12,18,25H,5,8-11,13-14H2,1-2H3/t18-,21-/m0/s1. The first-order valence-corrected chi connectivity index (χ1v) is 9.62. The number of hydrogen-bond acceptors (Lipinski definition) is 5. The minimum atomic E-state index is -0.354. The molecule has 1 N–H and O–H groups in total. The molecule has 4 rings (SSSR count). The second-order valence-electron chi connectivity index (χ2n) is 7.96. The number of carbonyl (C=O) groups excluding carboxylic acids is 1. The molecule has 1 aromatic heterocycles. The summed E-state index contributed by atoms with van der Waals surface area (Å²) in [6, 6.07) is 9.39. The molecule has 2 aromatic rings. The van der Waals surface area contributed by atoms with Crippen LogP contribution in [0.3, 0.4) is 0 Å². The first-order chi connectivity index (χ1) is 13.0. The number of para-hydroxylation sites is 1. The van der Waals surface area contributed by atoms with Gasteiger partial charge in [-0.3, -0.25) is 4.79 Å². The lowest BCUT2D eigenvalue weighted by molar-refractivity contribution is -0.0730. The minimum absolute atomic E-state index is 0.00796. The van der Waals surface area contributed by atoms with E-state index in [0.29, 0.717) is 18.0 Å². The van der Waals surface area contributed by atoms with Crippen LogP contribution in [0.1, 0.15) is 29.6 Å². The van der Waals surface area contributed by atoms with Gasteiger partial charge in [0.1, 0.15) is 0 Å². The van der Waals surface area contributed by atoms with Crippen molar-refractivity contribution in [2.45, 2.75) is 25.4 Å². The Bertz CT molecular complexity index is 856. The Balaban J connectivity index is 1.68. The third-order valence-corrected chi connectivity index (χ3v) is 6.10. The summed E-state index contributed by atoms with van der Waals surface area (Å²) >= 11 is 0. The number of carbonyl (C=O) groups is 1. The molecule has 1 spiro atoms. The number of ether oxygens (including phenoxy) is 1. The highest BCUT2D eigenvalue weighted by Gasteiger charge is 2.45. The summed E-state index contributed by atoms with van der Waals surface area (Å²) in [6.45, 7) is 3.05. The number of likely N-dealkylation sites (tertiary alicyclic amines) is 2. The summed E-state index contributed by atoms with van der Waals surface area (Å²) in [4.78, 5) is 22.1. The average Bonchev–Trinajstić information content (AvgIpc) is 2.69. The Kier molecular flexibility index (Phi) is 4.78. The van der Waals surface area contributed by atoms with Gasteiger partial charge in [0.15, 0.2) is 0 Å². The van der Waals surface area contributed by atoms with Crippen molar-refractivity contribution < 1.29 is 14.6 Å². The number of benzene rings is 1. The van der Waals surface area contributed by atoms with Crippen molar-refractivity contribution in [1.82, 2.24) is 14.8 Å². The molecule has 0 unspecified atom stereocenters. The number of piperidine rings is 2. The van der Waals surface area contributed by atoms with Crippen LogP contribution in [-0.2, 0) is 0 Å². The van der Waals surface area contributed by atoms with Gasteiger partial charge in [-0.2, -0.15) is 0 Å². The zero-order valence-electron chi connectivity index (χ0n) is 16.0. The second kappa shape index (κ2) is 7.09. The van der Waals surface area contributed by atoms with E-state index in [2.05, 4.69) is 16.9 Å². The van der Waals surface area contributed by atoms with Crippen molar-refractivity contribution in [1.29, 1.82) is 0 Å². The van der Waals surface area contributed by atoms with Crippen LogP contribution >= 0.6 is 0 Å². The number of aromatic nitrogens is 1. The number of aliphatic hydroxyl groups excluding tert-OH is 1. The lowest BCUT2D eigenvalue weighted by Crippen LogP contribution is -2.59. The number of fused-ring (bicyclic) bond motifs is 1. The number of hydrogen-bond donors (Lipinski definition) is 1. The number of rotatable bonds is 2. The van der Waals surface area contributed by atoms with Gasteiger partial charge in [0, 0.05) is 43.0 Å². The van der Waals surface area contributed by atoms with E-state index in [4.69, 9.17) is 4.74 Å². The lowest BCUT2D eigenvalue weighted by Gasteiger charge is -2.50. The lowest BCUT2D eigenvalue weighted by atomic mass is 9.71. The van der Waals surface area contributed by atoms with Crippen LogP contribution in [0, 0.1) is 5.41 Å². The van der Waals surface area contributed by atoms with Gasteiger partial charge in [0.25, 0.3) is 5.91 Å². The first kappa shape index (κ1) is 18.2. The molecule has 27 heavy (non-hydrogen) atoms. The molecule has 2 aliphatic rings. The molecular formula is C21H27N3O3. The van der Waals surface area contributed by atoms with Crippen molar-refractivity contribution in [3.63, 3.8) is 0 Å². The van der Waals surface area contributed by atoms with Gasteiger partial charge < -0.3 is 19.6 Å². The van der Waals surface area contributed by atoms with Crippen molar-refractivity contribution in [3.8, 4) is 5.88 Å². The van der Waals surface area contributed by atoms with Crippen molar-refractivity contribution >= 4 is 16.8 Å². The molecule has 144 valence electrons. The Morgan fingerprint density at radius 2 is 2.11 bits per heavy atom. The molecule has 3 heterocycles. The molecule has 1 aromatic carbocycles. The monoisotopic (exact) mass is 369 g/mol. The number of nitrogens with zero attached hydrogens (tertiary/aromatic N) is 3. The van der Waals surface area contributed by atoms with Gasteiger partial charge in [0.2, 0.25) is 5.88 Å². The number of aliphatic hydroxyl groups is 1. The van der Waals surface area contributed by atoms with E-state index in [9.17, 15) is 9.90 Å². The average molecular weight is 369 g/mol. The van der Waals surface area contributed by atoms with Gasteiger partial charge >= 0.3 is 0 Å². The summed E-state index contributed by atoms with van der Waals surface area (Å²) in [5.41, 5.74) is 1.14. The van der Waals surface area contributed by atoms with Crippen LogP contribution in [-0.4, -0.2) is 72.2 Å². The number of pyridine rings is 1. The normalized spacial score (nSPS) is 26.5. The molecule has 0 saturated carbocycles. The van der Waals surface area contributed by atoms with E-state index in [-0.39, 0.29) is 17.4 Å². The smallest absolute Gasteiger partial charge is 0.254 e. The topological polar surface area (TPSA) is 65.9 Å². The number of amides is 1. The Hall–Kier alpha value is -2.18. The first-order valence-electron chi connectivity index (χ1n) is 9.62. The highest BCUT2D eigenvalue weighted by molar-refractivity contribution is 6.06. The second-order valence-corrected chi connectivity index (χ2v) is 7.96. The number of methoxy groups -OCH3 is 1. The van der Waals surface area contributed by atoms with Gasteiger partial charge in [-0.15, -0.1) is 0 Å². The summed E-state index contributed by atoms with van der Waals surface area (Å²) in [5, 5.41) is 11.6. The maximum absolute atomic E-state index is 13.4. The Labute approximate surface area is 159 Å². The Morgan fingerprint density at radius 3 is 2.93 bits per heavy atom. The highest BCUT2D eigenvalue weighted by Crippen LogP contribution is 2.39.